The van der Waals surface area contributed by atoms with Crippen molar-refractivity contribution in [1.29, 1.82) is 0 Å². The van der Waals surface area contributed by atoms with Gasteiger partial charge in [-0.15, -0.1) is 0 Å². The molecule has 0 amide bonds. The number of hydrogen-bond donors (Lipinski definition) is 0. The minimum Gasteiger partial charge on any atom is -0.354 e. The molecule has 15 heavy (non-hydrogen) atoms. The van der Waals surface area contributed by atoms with E-state index in [9.17, 15) is 0 Å². The fourth-order valence-electron chi connectivity index (χ4n) is 1.99. The lowest BCUT2D eigenvalue weighted by Gasteiger charge is -2.25. The van der Waals surface area contributed by atoms with E-state index in [2.05, 4.69) is 14.9 Å². The van der Waals surface area contributed by atoms with Crippen molar-refractivity contribution in [1.82, 2.24) is 9.97 Å². The summed E-state index contributed by atoms with van der Waals surface area (Å²) in [4.78, 5) is 10.6. The Balaban J connectivity index is 2.10. The van der Waals surface area contributed by atoms with Gasteiger partial charge in [0.15, 0.2) is 11.0 Å². The molecular formula is C11H16ClN3. The molecular weight excluding hydrogens is 210 g/mol. The Kier molecular flexibility index (Phi) is 3.78. The van der Waals surface area contributed by atoms with Crippen molar-refractivity contribution in [3.63, 3.8) is 0 Å². The Bertz CT molecular complexity index is 308. The van der Waals surface area contributed by atoms with Gasteiger partial charge in [-0.25, -0.2) is 9.97 Å². The first-order chi connectivity index (χ1) is 7.38. The van der Waals surface area contributed by atoms with Gasteiger partial charge in [0.25, 0.3) is 0 Å². The summed E-state index contributed by atoms with van der Waals surface area (Å²) in [6, 6.07) is 0. The van der Waals surface area contributed by atoms with E-state index in [4.69, 9.17) is 11.6 Å². The van der Waals surface area contributed by atoms with Crippen LogP contribution in [0, 0.1) is 0 Å². The molecule has 1 aliphatic rings. The highest BCUT2D eigenvalue weighted by Crippen LogP contribution is 2.22. The molecule has 1 aromatic heterocycles. The van der Waals surface area contributed by atoms with Crippen LogP contribution in [0.5, 0.6) is 0 Å². The molecule has 0 N–H and O–H groups in total. The van der Waals surface area contributed by atoms with Crippen LogP contribution in [0.3, 0.4) is 0 Å². The van der Waals surface area contributed by atoms with Gasteiger partial charge in [0.2, 0.25) is 0 Å². The third-order valence-corrected chi connectivity index (χ3v) is 3.06. The van der Waals surface area contributed by atoms with Crippen molar-refractivity contribution in [3.05, 3.63) is 17.5 Å². The maximum absolute atomic E-state index is 6.04. The molecule has 0 aromatic carbocycles. The van der Waals surface area contributed by atoms with E-state index in [1.807, 2.05) is 0 Å². The van der Waals surface area contributed by atoms with E-state index < -0.39 is 0 Å². The Labute approximate surface area is 95.5 Å². The molecule has 0 aliphatic carbocycles. The fraction of sp³-hybridized carbons (Fsp3) is 0.636. The van der Waals surface area contributed by atoms with E-state index >= 15 is 0 Å². The van der Waals surface area contributed by atoms with E-state index in [0.717, 1.165) is 18.9 Å². The molecule has 1 fully saturated rings. The lowest BCUT2D eigenvalue weighted by Crippen LogP contribution is -2.28. The van der Waals surface area contributed by atoms with Crippen LogP contribution < -0.4 is 4.90 Å². The summed E-state index contributed by atoms with van der Waals surface area (Å²) in [6.45, 7) is 2.11. The second-order valence-electron chi connectivity index (χ2n) is 3.93. The Hall–Kier alpha value is -0.830. The summed E-state index contributed by atoms with van der Waals surface area (Å²) in [5, 5.41) is 0.526. The first-order valence-electron chi connectivity index (χ1n) is 5.59. The monoisotopic (exact) mass is 225 g/mol. The van der Waals surface area contributed by atoms with Crippen LogP contribution >= 0.6 is 11.6 Å². The molecule has 0 saturated carbocycles. The zero-order chi connectivity index (χ0) is 10.5. The third-order valence-electron chi connectivity index (χ3n) is 2.79. The molecule has 1 saturated heterocycles. The maximum Gasteiger partial charge on any atom is 0.171 e. The van der Waals surface area contributed by atoms with Crippen LogP contribution in [0.15, 0.2) is 12.4 Å². The van der Waals surface area contributed by atoms with Gasteiger partial charge in [0, 0.05) is 25.5 Å². The lowest BCUT2D eigenvalue weighted by molar-refractivity contribution is 0.553. The van der Waals surface area contributed by atoms with E-state index in [1.54, 1.807) is 12.4 Å². The summed E-state index contributed by atoms with van der Waals surface area (Å²) >= 11 is 6.04. The number of rotatable bonds is 1. The normalized spacial score (nSPS) is 18.3. The Morgan fingerprint density at radius 1 is 0.933 bits per heavy atom. The zero-order valence-corrected chi connectivity index (χ0v) is 9.58. The highest BCUT2D eigenvalue weighted by Gasteiger charge is 2.13. The Morgan fingerprint density at radius 3 is 2.20 bits per heavy atom. The van der Waals surface area contributed by atoms with Gasteiger partial charge in [-0.05, 0) is 12.8 Å². The summed E-state index contributed by atoms with van der Waals surface area (Å²) in [6.07, 6.45) is 9.79. The molecule has 2 heterocycles. The quantitative estimate of drug-likeness (QED) is 0.736. The standard InChI is InChI=1S/C11H16ClN3/c12-10-11(14-7-6-13-10)15-8-4-2-1-3-5-9-15/h6-7H,1-5,8-9H2. The summed E-state index contributed by atoms with van der Waals surface area (Å²) in [5.74, 6) is 0.848. The zero-order valence-electron chi connectivity index (χ0n) is 8.82. The summed E-state index contributed by atoms with van der Waals surface area (Å²) < 4.78 is 0. The van der Waals surface area contributed by atoms with Crippen molar-refractivity contribution in [2.75, 3.05) is 18.0 Å². The van der Waals surface area contributed by atoms with Crippen molar-refractivity contribution in [3.8, 4) is 0 Å². The highest BCUT2D eigenvalue weighted by atomic mass is 35.5. The van der Waals surface area contributed by atoms with E-state index in [0.29, 0.717) is 5.15 Å². The number of halogens is 1. The largest absolute Gasteiger partial charge is 0.354 e. The molecule has 0 radical (unpaired) electrons. The molecule has 1 aliphatic heterocycles. The minimum atomic E-state index is 0.526. The molecule has 3 nitrogen and oxygen atoms in total. The molecule has 1 aromatic rings. The summed E-state index contributed by atoms with van der Waals surface area (Å²) in [5.41, 5.74) is 0. The van der Waals surface area contributed by atoms with Crippen LogP contribution in [0.1, 0.15) is 32.1 Å². The van der Waals surface area contributed by atoms with Gasteiger partial charge < -0.3 is 4.90 Å². The highest BCUT2D eigenvalue weighted by molar-refractivity contribution is 6.31. The second kappa shape index (κ2) is 5.31. The first kappa shape index (κ1) is 10.7. The first-order valence-corrected chi connectivity index (χ1v) is 5.97. The van der Waals surface area contributed by atoms with Crippen molar-refractivity contribution >= 4 is 17.4 Å². The van der Waals surface area contributed by atoms with Gasteiger partial charge in [-0.3, -0.25) is 0 Å². The number of nitrogens with zero attached hydrogens (tertiary/aromatic N) is 3. The average Bonchev–Trinajstić information content (AvgIpc) is 2.19. The van der Waals surface area contributed by atoms with Crippen LogP contribution in [0.25, 0.3) is 0 Å². The third kappa shape index (κ3) is 2.81. The molecule has 2 rings (SSSR count). The topological polar surface area (TPSA) is 29.0 Å². The van der Waals surface area contributed by atoms with Gasteiger partial charge in [-0.2, -0.15) is 0 Å². The SMILES string of the molecule is Clc1nccnc1N1CCCCCCC1. The van der Waals surface area contributed by atoms with Gasteiger partial charge in [-0.1, -0.05) is 30.9 Å². The molecule has 0 unspecified atom stereocenters. The Morgan fingerprint density at radius 2 is 1.53 bits per heavy atom. The predicted octanol–water partition coefficient (Wildman–Crippen LogP) is 2.90. The molecule has 0 bridgehead atoms. The number of anilines is 1. The van der Waals surface area contributed by atoms with Crippen LogP contribution in [-0.4, -0.2) is 23.1 Å². The molecule has 0 spiro atoms. The van der Waals surface area contributed by atoms with Gasteiger partial charge >= 0.3 is 0 Å². The van der Waals surface area contributed by atoms with Gasteiger partial charge in [0.05, 0.1) is 0 Å². The van der Waals surface area contributed by atoms with E-state index in [1.165, 1.54) is 32.1 Å². The average molecular weight is 226 g/mol. The van der Waals surface area contributed by atoms with Crippen molar-refractivity contribution in [2.24, 2.45) is 0 Å². The smallest absolute Gasteiger partial charge is 0.171 e. The van der Waals surface area contributed by atoms with E-state index in [-0.39, 0.29) is 0 Å². The maximum atomic E-state index is 6.04. The van der Waals surface area contributed by atoms with Crippen LogP contribution in [-0.2, 0) is 0 Å². The lowest BCUT2D eigenvalue weighted by atomic mass is 10.1. The van der Waals surface area contributed by atoms with Gasteiger partial charge in [0.1, 0.15) is 0 Å². The number of aromatic nitrogens is 2. The van der Waals surface area contributed by atoms with Crippen LogP contribution in [0.4, 0.5) is 5.82 Å². The van der Waals surface area contributed by atoms with Crippen molar-refractivity contribution < 1.29 is 0 Å². The number of hydrogen-bond acceptors (Lipinski definition) is 3. The fourth-order valence-corrected chi connectivity index (χ4v) is 2.21. The minimum absolute atomic E-state index is 0.526. The molecule has 82 valence electrons. The predicted molar refractivity (Wildman–Crippen MR) is 62.3 cm³/mol. The molecule has 4 heteroatoms. The second-order valence-corrected chi connectivity index (χ2v) is 4.28. The summed E-state index contributed by atoms with van der Waals surface area (Å²) in [7, 11) is 0. The molecule has 0 atom stereocenters. The van der Waals surface area contributed by atoms with Crippen molar-refractivity contribution in [2.45, 2.75) is 32.1 Å². The van der Waals surface area contributed by atoms with Crippen LogP contribution in [0.2, 0.25) is 5.15 Å².